The maximum Gasteiger partial charge on any atom is 0.254 e. The lowest BCUT2D eigenvalue weighted by Gasteiger charge is -2.24. The number of hydrogen-bond donors (Lipinski definition) is 1. The fraction of sp³-hybridized carbons (Fsp3) is 0.217. The molecule has 1 aliphatic heterocycles. The normalized spacial score (nSPS) is 11.7. The molecular formula is C23H20BrNO5. The molecule has 4 rings (SSSR count). The van der Waals surface area contributed by atoms with Crippen molar-refractivity contribution in [3.05, 3.63) is 58.1 Å². The highest BCUT2D eigenvalue weighted by atomic mass is 79.9. The lowest BCUT2D eigenvalue weighted by molar-refractivity contribution is 0.0620. The van der Waals surface area contributed by atoms with Gasteiger partial charge in [0.1, 0.15) is 11.5 Å². The van der Waals surface area contributed by atoms with Crippen molar-refractivity contribution < 1.29 is 24.2 Å². The van der Waals surface area contributed by atoms with Crippen LogP contribution in [0.25, 0.3) is 21.9 Å². The SMILES string of the molecule is CN(CCOCCO)C(=O)c1ccc2c3c(ccc(C=O)c13)-c1cc(Br)ccc1O2. The van der Waals surface area contributed by atoms with E-state index >= 15 is 0 Å². The van der Waals surface area contributed by atoms with Crippen LogP contribution >= 0.6 is 15.9 Å². The number of nitrogens with zero attached hydrogens (tertiary/aromatic N) is 1. The molecule has 6 nitrogen and oxygen atoms in total. The van der Waals surface area contributed by atoms with Crippen LogP contribution in [0.4, 0.5) is 0 Å². The zero-order chi connectivity index (χ0) is 21.3. The van der Waals surface area contributed by atoms with E-state index in [2.05, 4.69) is 15.9 Å². The van der Waals surface area contributed by atoms with Gasteiger partial charge < -0.3 is 19.5 Å². The van der Waals surface area contributed by atoms with Crippen molar-refractivity contribution in [1.29, 1.82) is 0 Å². The summed E-state index contributed by atoms with van der Waals surface area (Å²) in [7, 11) is 1.68. The molecule has 1 amide bonds. The third kappa shape index (κ3) is 3.60. The second-order valence-corrected chi connectivity index (χ2v) is 7.90. The number of aldehydes is 1. The van der Waals surface area contributed by atoms with Crippen LogP contribution < -0.4 is 4.74 Å². The van der Waals surface area contributed by atoms with Crippen molar-refractivity contribution in [3.8, 4) is 22.6 Å². The number of carbonyl (C=O) groups excluding carboxylic acids is 2. The molecule has 1 aliphatic rings. The third-order valence-electron chi connectivity index (χ3n) is 5.12. The third-order valence-corrected chi connectivity index (χ3v) is 5.61. The minimum atomic E-state index is -0.213. The van der Waals surface area contributed by atoms with Crippen molar-refractivity contribution in [2.24, 2.45) is 0 Å². The van der Waals surface area contributed by atoms with Gasteiger partial charge in [-0.25, -0.2) is 0 Å². The van der Waals surface area contributed by atoms with E-state index in [0.717, 1.165) is 33.0 Å². The van der Waals surface area contributed by atoms with Crippen molar-refractivity contribution in [3.63, 3.8) is 0 Å². The smallest absolute Gasteiger partial charge is 0.254 e. The molecule has 0 saturated carbocycles. The molecular weight excluding hydrogens is 450 g/mol. The first kappa shape index (κ1) is 20.5. The summed E-state index contributed by atoms with van der Waals surface area (Å²) in [5.74, 6) is 1.13. The van der Waals surface area contributed by atoms with Gasteiger partial charge in [-0.15, -0.1) is 0 Å². The van der Waals surface area contributed by atoms with E-state index in [1.54, 1.807) is 30.1 Å². The van der Waals surface area contributed by atoms with E-state index in [1.165, 1.54) is 0 Å². The molecule has 3 aromatic carbocycles. The van der Waals surface area contributed by atoms with E-state index in [1.807, 2.05) is 24.3 Å². The van der Waals surface area contributed by atoms with Gasteiger partial charge in [0.2, 0.25) is 0 Å². The quantitative estimate of drug-likeness (QED) is 0.323. The summed E-state index contributed by atoms with van der Waals surface area (Å²) in [6.07, 6.45) is 0.764. The molecule has 0 aromatic heterocycles. The molecule has 0 radical (unpaired) electrons. The summed E-state index contributed by atoms with van der Waals surface area (Å²) < 4.78 is 12.3. The summed E-state index contributed by atoms with van der Waals surface area (Å²) >= 11 is 3.50. The number of amides is 1. The van der Waals surface area contributed by atoms with Crippen LogP contribution in [-0.2, 0) is 4.74 Å². The van der Waals surface area contributed by atoms with E-state index in [0.29, 0.717) is 35.4 Å². The number of ether oxygens (including phenoxy) is 2. The van der Waals surface area contributed by atoms with E-state index in [9.17, 15) is 9.59 Å². The molecule has 154 valence electrons. The van der Waals surface area contributed by atoms with Crippen molar-refractivity contribution in [1.82, 2.24) is 4.90 Å². The lowest BCUT2D eigenvalue weighted by Crippen LogP contribution is -2.30. The monoisotopic (exact) mass is 469 g/mol. The number of benzene rings is 3. The summed E-state index contributed by atoms with van der Waals surface area (Å²) in [6, 6.07) is 12.9. The average molecular weight is 470 g/mol. The van der Waals surface area contributed by atoms with Crippen molar-refractivity contribution >= 4 is 38.9 Å². The number of aliphatic hydroxyl groups is 1. The van der Waals surface area contributed by atoms with Gasteiger partial charge in [-0.2, -0.15) is 0 Å². The van der Waals surface area contributed by atoms with Crippen molar-refractivity contribution in [2.45, 2.75) is 0 Å². The van der Waals surface area contributed by atoms with Crippen LogP contribution in [0.5, 0.6) is 11.5 Å². The standard InChI is InChI=1S/C23H20BrNO5/c1-25(8-10-29-11-9-26)23(28)17-5-7-20-22-16(4-2-14(13-27)21(17)22)18-12-15(24)3-6-19(18)30-20/h2-7,12-13,26H,8-11H2,1H3. The minimum Gasteiger partial charge on any atom is -0.456 e. The van der Waals surface area contributed by atoms with Crippen LogP contribution in [0.1, 0.15) is 20.7 Å². The number of halogens is 1. The Balaban J connectivity index is 1.83. The van der Waals surface area contributed by atoms with Crippen LogP contribution in [-0.4, -0.2) is 55.6 Å². The topological polar surface area (TPSA) is 76.1 Å². The van der Waals surface area contributed by atoms with Crippen LogP contribution in [0, 0.1) is 0 Å². The highest BCUT2D eigenvalue weighted by molar-refractivity contribution is 9.10. The molecule has 0 atom stereocenters. The maximum absolute atomic E-state index is 13.2. The Kier molecular flexibility index (Phi) is 5.85. The Bertz CT molecular complexity index is 1140. The zero-order valence-corrected chi connectivity index (χ0v) is 17.9. The van der Waals surface area contributed by atoms with Crippen LogP contribution in [0.15, 0.2) is 46.9 Å². The van der Waals surface area contributed by atoms with Gasteiger partial charge in [0.05, 0.1) is 19.8 Å². The Morgan fingerprint density at radius 3 is 2.67 bits per heavy atom. The number of hydrogen-bond acceptors (Lipinski definition) is 5. The average Bonchev–Trinajstić information content (AvgIpc) is 2.76. The predicted octanol–water partition coefficient (Wildman–Crippen LogP) is 4.27. The van der Waals surface area contributed by atoms with Gasteiger partial charge in [-0.3, -0.25) is 9.59 Å². The Hall–Kier alpha value is -2.74. The molecule has 0 unspecified atom stereocenters. The number of fused-ring (bicyclic) bond motifs is 2. The Morgan fingerprint density at radius 2 is 1.90 bits per heavy atom. The zero-order valence-electron chi connectivity index (χ0n) is 16.4. The Morgan fingerprint density at radius 1 is 1.10 bits per heavy atom. The largest absolute Gasteiger partial charge is 0.456 e. The molecule has 0 aliphatic carbocycles. The van der Waals surface area contributed by atoms with Gasteiger partial charge in [-0.05, 0) is 35.9 Å². The lowest BCUT2D eigenvalue weighted by atomic mass is 9.89. The molecule has 0 bridgehead atoms. The minimum absolute atomic E-state index is 0.0627. The maximum atomic E-state index is 13.2. The van der Waals surface area contributed by atoms with Crippen LogP contribution in [0.2, 0.25) is 0 Å². The van der Waals surface area contributed by atoms with E-state index < -0.39 is 0 Å². The highest BCUT2D eigenvalue weighted by Crippen LogP contribution is 2.48. The Labute approximate surface area is 182 Å². The molecule has 1 N–H and O–H groups in total. The summed E-state index contributed by atoms with van der Waals surface area (Å²) in [6.45, 7) is 0.844. The van der Waals surface area contributed by atoms with Gasteiger partial charge in [-0.1, -0.05) is 28.1 Å². The highest BCUT2D eigenvalue weighted by Gasteiger charge is 2.26. The fourth-order valence-electron chi connectivity index (χ4n) is 3.67. The van der Waals surface area contributed by atoms with Gasteiger partial charge in [0.25, 0.3) is 5.91 Å². The molecule has 7 heteroatoms. The molecule has 0 fully saturated rings. The number of carbonyl (C=O) groups is 2. The van der Waals surface area contributed by atoms with E-state index in [4.69, 9.17) is 14.6 Å². The number of rotatable bonds is 7. The molecule has 30 heavy (non-hydrogen) atoms. The first-order valence-electron chi connectivity index (χ1n) is 9.52. The second-order valence-electron chi connectivity index (χ2n) is 6.99. The summed E-state index contributed by atoms with van der Waals surface area (Å²) in [5, 5.41) is 10.1. The molecule has 0 spiro atoms. The van der Waals surface area contributed by atoms with E-state index in [-0.39, 0.29) is 19.1 Å². The fourth-order valence-corrected chi connectivity index (χ4v) is 4.03. The molecule has 1 heterocycles. The number of aliphatic hydroxyl groups excluding tert-OH is 1. The first-order valence-corrected chi connectivity index (χ1v) is 10.3. The van der Waals surface area contributed by atoms with Crippen molar-refractivity contribution in [2.75, 3.05) is 33.4 Å². The summed E-state index contributed by atoms with van der Waals surface area (Å²) in [5.41, 5.74) is 2.68. The second kappa shape index (κ2) is 8.55. The molecule has 0 saturated heterocycles. The molecule has 3 aromatic rings. The van der Waals surface area contributed by atoms with Crippen LogP contribution in [0.3, 0.4) is 0 Å². The van der Waals surface area contributed by atoms with Gasteiger partial charge in [0.15, 0.2) is 6.29 Å². The number of likely N-dealkylation sites (N-methyl/N-ethyl adjacent to an activating group) is 1. The van der Waals surface area contributed by atoms with Gasteiger partial charge in [0, 0.05) is 45.5 Å². The summed E-state index contributed by atoms with van der Waals surface area (Å²) in [4.78, 5) is 26.5. The predicted molar refractivity (Wildman–Crippen MR) is 117 cm³/mol. The van der Waals surface area contributed by atoms with Gasteiger partial charge >= 0.3 is 0 Å². The first-order chi connectivity index (χ1) is 14.5.